The van der Waals surface area contributed by atoms with E-state index in [2.05, 4.69) is 20.0 Å². The van der Waals surface area contributed by atoms with Gasteiger partial charge in [0.2, 0.25) is 11.9 Å². The standard InChI is InChI=1S/C19H22N4O3S/c24-18(12-15-11-13-2-3-14(15)10-13)22-16-4-6-17(7-5-16)27(25,26)23-19-20-8-1-9-21-19/h1,4-9,13-15H,2-3,10-12H2,(H,22,24)(H,20,21,23)/t13-,14+,15+/m0/s1. The maximum Gasteiger partial charge on any atom is 0.264 e. The van der Waals surface area contributed by atoms with Crippen molar-refractivity contribution in [1.29, 1.82) is 0 Å². The number of fused-ring (bicyclic) bond motifs is 2. The Morgan fingerprint density at radius 2 is 1.81 bits per heavy atom. The lowest BCUT2D eigenvalue weighted by Gasteiger charge is -2.20. The second kappa shape index (κ2) is 7.26. The summed E-state index contributed by atoms with van der Waals surface area (Å²) in [6, 6.07) is 7.71. The summed E-state index contributed by atoms with van der Waals surface area (Å²) < 4.78 is 27.0. The number of nitrogens with one attached hydrogen (secondary N) is 2. The summed E-state index contributed by atoms with van der Waals surface area (Å²) in [7, 11) is -3.77. The molecule has 2 saturated carbocycles. The number of carbonyl (C=O) groups excluding carboxylic acids is 1. The minimum atomic E-state index is -3.77. The van der Waals surface area contributed by atoms with Crippen LogP contribution in [0.4, 0.5) is 11.6 Å². The van der Waals surface area contributed by atoms with Crippen LogP contribution in [0.1, 0.15) is 32.1 Å². The number of amides is 1. The van der Waals surface area contributed by atoms with Gasteiger partial charge >= 0.3 is 0 Å². The highest BCUT2D eigenvalue weighted by molar-refractivity contribution is 7.92. The first-order valence-corrected chi connectivity index (χ1v) is 10.7. The number of sulfonamides is 1. The molecular weight excluding hydrogens is 364 g/mol. The Balaban J connectivity index is 1.36. The molecule has 2 bridgehead atoms. The van der Waals surface area contributed by atoms with Crippen LogP contribution >= 0.6 is 0 Å². The molecule has 3 atom stereocenters. The lowest BCUT2D eigenvalue weighted by molar-refractivity contribution is -0.117. The fourth-order valence-corrected chi connectivity index (χ4v) is 5.28. The topological polar surface area (TPSA) is 101 Å². The number of nitrogens with zero attached hydrogens (tertiary/aromatic N) is 2. The van der Waals surface area contributed by atoms with E-state index in [-0.39, 0.29) is 16.8 Å². The van der Waals surface area contributed by atoms with Crippen molar-refractivity contribution in [1.82, 2.24) is 9.97 Å². The van der Waals surface area contributed by atoms with E-state index < -0.39 is 10.0 Å². The van der Waals surface area contributed by atoms with Gasteiger partial charge in [-0.15, -0.1) is 0 Å². The van der Waals surface area contributed by atoms with Crippen molar-refractivity contribution < 1.29 is 13.2 Å². The molecule has 0 saturated heterocycles. The molecule has 2 aliphatic rings. The van der Waals surface area contributed by atoms with E-state index in [0.29, 0.717) is 23.9 Å². The summed E-state index contributed by atoms with van der Waals surface area (Å²) in [5.41, 5.74) is 0.595. The smallest absolute Gasteiger partial charge is 0.264 e. The molecule has 1 amide bonds. The molecule has 0 spiro atoms. The highest BCUT2D eigenvalue weighted by Gasteiger charge is 2.40. The molecule has 1 aromatic heterocycles. The van der Waals surface area contributed by atoms with Crippen LogP contribution in [0.3, 0.4) is 0 Å². The summed E-state index contributed by atoms with van der Waals surface area (Å²) in [6.45, 7) is 0. The van der Waals surface area contributed by atoms with Gasteiger partial charge < -0.3 is 5.32 Å². The SMILES string of the molecule is O=C(C[C@H]1C[C@H]2CC[C@@H]1C2)Nc1ccc(S(=O)(=O)Nc2ncccn2)cc1. The molecule has 27 heavy (non-hydrogen) atoms. The van der Waals surface area contributed by atoms with E-state index in [1.807, 2.05) is 0 Å². The molecule has 0 aliphatic heterocycles. The quantitative estimate of drug-likeness (QED) is 0.795. The first-order valence-electron chi connectivity index (χ1n) is 9.19. The van der Waals surface area contributed by atoms with Gasteiger partial charge in [-0.3, -0.25) is 4.79 Å². The molecule has 0 radical (unpaired) electrons. The highest BCUT2D eigenvalue weighted by Crippen LogP contribution is 2.49. The number of aromatic nitrogens is 2. The van der Waals surface area contributed by atoms with E-state index >= 15 is 0 Å². The summed E-state index contributed by atoms with van der Waals surface area (Å²) in [4.78, 5) is 20.1. The van der Waals surface area contributed by atoms with Gasteiger partial charge in [-0.2, -0.15) is 0 Å². The Labute approximate surface area is 158 Å². The maximum atomic E-state index is 12.4. The fraction of sp³-hybridized carbons (Fsp3) is 0.421. The van der Waals surface area contributed by atoms with Gasteiger partial charge in [-0.25, -0.2) is 23.1 Å². The molecule has 142 valence electrons. The van der Waals surface area contributed by atoms with E-state index in [1.54, 1.807) is 18.2 Å². The maximum absolute atomic E-state index is 12.4. The molecule has 2 aromatic rings. The van der Waals surface area contributed by atoms with Crippen molar-refractivity contribution in [2.75, 3.05) is 10.0 Å². The lowest BCUT2D eigenvalue weighted by atomic mass is 9.86. The summed E-state index contributed by atoms with van der Waals surface area (Å²) in [5, 5.41) is 2.88. The average Bonchev–Trinajstić information content (AvgIpc) is 3.25. The van der Waals surface area contributed by atoms with Gasteiger partial charge in [0.25, 0.3) is 10.0 Å². The van der Waals surface area contributed by atoms with Gasteiger partial charge in [-0.05, 0) is 67.3 Å². The molecule has 2 N–H and O–H groups in total. The molecule has 2 fully saturated rings. The first-order chi connectivity index (χ1) is 13.0. The predicted molar refractivity (Wildman–Crippen MR) is 101 cm³/mol. The van der Waals surface area contributed by atoms with Crippen molar-refractivity contribution in [3.63, 3.8) is 0 Å². The zero-order valence-electron chi connectivity index (χ0n) is 14.8. The van der Waals surface area contributed by atoms with Crippen LogP contribution in [0.25, 0.3) is 0 Å². The van der Waals surface area contributed by atoms with Crippen molar-refractivity contribution in [2.45, 2.75) is 37.0 Å². The van der Waals surface area contributed by atoms with Crippen molar-refractivity contribution in [3.8, 4) is 0 Å². The predicted octanol–water partition coefficient (Wildman–Crippen LogP) is 3.04. The number of benzene rings is 1. The Hall–Kier alpha value is -2.48. The lowest BCUT2D eigenvalue weighted by Crippen LogP contribution is -2.20. The molecule has 4 rings (SSSR count). The Morgan fingerprint density at radius 1 is 1.07 bits per heavy atom. The zero-order valence-corrected chi connectivity index (χ0v) is 15.7. The third-order valence-electron chi connectivity index (χ3n) is 5.57. The van der Waals surface area contributed by atoms with Crippen molar-refractivity contribution in [3.05, 3.63) is 42.7 Å². The van der Waals surface area contributed by atoms with E-state index in [0.717, 1.165) is 5.92 Å². The molecule has 1 heterocycles. The number of anilines is 2. The van der Waals surface area contributed by atoms with Gasteiger partial charge in [0.1, 0.15) is 0 Å². The fourth-order valence-electron chi connectivity index (χ4n) is 4.32. The molecule has 0 unspecified atom stereocenters. The summed E-state index contributed by atoms with van der Waals surface area (Å²) in [5.74, 6) is 2.04. The number of carbonyl (C=O) groups is 1. The van der Waals surface area contributed by atoms with Crippen LogP contribution in [0.15, 0.2) is 47.6 Å². The van der Waals surface area contributed by atoms with E-state index in [9.17, 15) is 13.2 Å². The molecular formula is C19H22N4O3S. The number of rotatable bonds is 6. The van der Waals surface area contributed by atoms with Crippen molar-refractivity contribution in [2.24, 2.45) is 17.8 Å². The Morgan fingerprint density at radius 3 is 2.44 bits per heavy atom. The van der Waals surface area contributed by atoms with Crippen LogP contribution in [-0.4, -0.2) is 24.3 Å². The molecule has 2 aliphatic carbocycles. The number of hydrogen-bond acceptors (Lipinski definition) is 5. The molecule has 8 heteroatoms. The molecule has 7 nitrogen and oxygen atoms in total. The third-order valence-corrected chi connectivity index (χ3v) is 6.92. The van der Waals surface area contributed by atoms with E-state index in [4.69, 9.17) is 0 Å². The summed E-state index contributed by atoms with van der Waals surface area (Å²) in [6.07, 6.45) is 8.49. The van der Waals surface area contributed by atoms with Crippen LogP contribution in [0, 0.1) is 17.8 Å². The first kappa shape index (κ1) is 17.9. The van der Waals surface area contributed by atoms with E-state index in [1.165, 1.54) is 50.2 Å². The Kier molecular flexibility index (Phi) is 4.82. The third kappa shape index (κ3) is 4.10. The largest absolute Gasteiger partial charge is 0.326 e. The second-order valence-electron chi connectivity index (χ2n) is 7.39. The number of hydrogen-bond donors (Lipinski definition) is 2. The highest BCUT2D eigenvalue weighted by atomic mass is 32.2. The van der Waals surface area contributed by atoms with Gasteiger partial charge in [0.15, 0.2) is 0 Å². The van der Waals surface area contributed by atoms with Crippen LogP contribution < -0.4 is 10.0 Å². The molecule has 1 aromatic carbocycles. The minimum absolute atomic E-state index is 0.000956. The summed E-state index contributed by atoms with van der Waals surface area (Å²) >= 11 is 0. The minimum Gasteiger partial charge on any atom is -0.326 e. The monoisotopic (exact) mass is 386 g/mol. The van der Waals surface area contributed by atoms with Crippen molar-refractivity contribution >= 4 is 27.6 Å². The normalized spacial score (nSPS) is 23.9. The zero-order chi connectivity index (χ0) is 18.9. The second-order valence-corrected chi connectivity index (χ2v) is 9.07. The van der Waals surface area contributed by atoms with Gasteiger partial charge in [0.05, 0.1) is 4.90 Å². The van der Waals surface area contributed by atoms with Crippen LogP contribution in [0.5, 0.6) is 0 Å². The van der Waals surface area contributed by atoms with Crippen LogP contribution in [-0.2, 0) is 14.8 Å². The average molecular weight is 386 g/mol. The van der Waals surface area contributed by atoms with Crippen LogP contribution in [0.2, 0.25) is 0 Å². The van der Waals surface area contributed by atoms with Gasteiger partial charge in [0, 0.05) is 24.5 Å². The Bertz CT molecular complexity index is 916. The van der Waals surface area contributed by atoms with Gasteiger partial charge in [-0.1, -0.05) is 6.42 Å².